The third kappa shape index (κ3) is 2.76. The second-order valence-electron chi connectivity index (χ2n) is 6.26. The molecule has 1 aliphatic carbocycles. The van der Waals surface area contributed by atoms with E-state index < -0.39 is 0 Å². The maximum atomic E-state index is 12.0. The molecule has 3 rings (SSSR count). The summed E-state index contributed by atoms with van der Waals surface area (Å²) >= 11 is 0. The van der Waals surface area contributed by atoms with Gasteiger partial charge in [0.1, 0.15) is 0 Å². The number of amides is 1. The summed E-state index contributed by atoms with van der Waals surface area (Å²) in [4.78, 5) is 16.4. The zero-order valence-corrected chi connectivity index (χ0v) is 12.5. The van der Waals surface area contributed by atoms with E-state index in [0.29, 0.717) is 12.1 Å². The van der Waals surface area contributed by atoms with Crippen molar-refractivity contribution in [2.45, 2.75) is 51.1 Å². The van der Waals surface area contributed by atoms with Crippen LogP contribution in [-0.2, 0) is 4.79 Å². The summed E-state index contributed by atoms with van der Waals surface area (Å²) in [7, 11) is 0. The highest BCUT2D eigenvalue weighted by atomic mass is 16.1. The molecule has 112 valence electrons. The van der Waals surface area contributed by atoms with Gasteiger partial charge in [-0.25, -0.2) is 9.67 Å². The first kappa shape index (κ1) is 14.0. The summed E-state index contributed by atoms with van der Waals surface area (Å²) in [6, 6.07) is 2.15. The van der Waals surface area contributed by atoms with E-state index in [4.69, 9.17) is 5.73 Å². The molecule has 0 aromatic carbocycles. The van der Waals surface area contributed by atoms with E-state index in [0.717, 1.165) is 30.3 Å². The molecule has 6 nitrogen and oxygen atoms in total. The number of hydrogen-bond acceptors (Lipinski definition) is 4. The average molecular weight is 287 g/mol. The third-order valence-electron chi connectivity index (χ3n) is 4.07. The van der Waals surface area contributed by atoms with Gasteiger partial charge in [0.25, 0.3) is 0 Å². The largest absolute Gasteiger partial charge is 0.325 e. The Morgan fingerprint density at radius 3 is 2.86 bits per heavy atom. The minimum absolute atomic E-state index is 0.0467. The van der Waals surface area contributed by atoms with Crippen molar-refractivity contribution < 1.29 is 4.79 Å². The number of nitrogens with two attached hydrogens (primary N) is 1. The molecule has 0 bridgehead atoms. The second-order valence-corrected chi connectivity index (χ2v) is 6.26. The van der Waals surface area contributed by atoms with Gasteiger partial charge in [-0.15, -0.1) is 0 Å². The van der Waals surface area contributed by atoms with E-state index in [2.05, 4.69) is 29.2 Å². The number of fused-ring (bicyclic) bond motifs is 1. The lowest BCUT2D eigenvalue weighted by atomic mass is 9.75. The Morgan fingerprint density at radius 1 is 1.48 bits per heavy atom. The van der Waals surface area contributed by atoms with Gasteiger partial charge in [-0.05, 0) is 39.2 Å². The molecule has 0 saturated heterocycles. The van der Waals surface area contributed by atoms with Gasteiger partial charge < -0.3 is 11.1 Å². The summed E-state index contributed by atoms with van der Waals surface area (Å²) in [5, 5.41) is 8.12. The highest BCUT2D eigenvalue weighted by Gasteiger charge is 2.34. The lowest BCUT2D eigenvalue weighted by Crippen LogP contribution is -2.48. The Labute approximate surface area is 123 Å². The van der Waals surface area contributed by atoms with Crippen molar-refractivity contribution in [1.82, 2.24) is 14.8 Å². The Morgan fingerprint density at radius 2 is 2.24 bits per heavy atom. The van der Waals surface area contributed by atoms with Crippen LogP contribution in [0.3, 0.4) is 0 Å². The summed E-state index contributed by atoms with van der Waals surface area (Å²) < 4.78 is 1.87. The molecule has 1 fully saturated rings. The lowest BCUT2D eigenvalue weighted by Gasteiger charge is -2.37. The minimum atomic E-state index is -0.301. The van der Waals surface area contributed by atoms with Crippen molar-refractivity contribution in [1.29, 1.82) is 0 Å². The summed E-state index contributed by atoms with van der Waals surface area (Å²) in [6.45, 7) is 4.12. The van der Waals surface area contributed by atoms with Crippen molar-refractivity contribution in [2.24, 2.45) is 5.73 Å². The fourth-order valence-electron chi connectivity index (χ4n) is 2.72. The van der Waals surface area contributed by atoms with Crippen LogP contribution in [0.25, 0.3) is 11.0 Å². The predicted octanol–water partition coefficient (Wildman–Crippen LogP) is 2.22. The fourth-order valence-corrected chi connectivity index (χ4v) is 2.72. The SMILES string of the molecule is CC(C)n1ncc2cc(NC(=O)CC3(N)CCC3)cnc21. The molecule has 6 heteroatoms. The van der Waals surface area contributed by atoms with E-state index in [1.807, 2.05) is 10.7 Å². The molecular formula is C15H21N5O. The smallest absolute Gasteiger partial charge is 0.226 e. The maximum Gasteiger partial charge on any atom is 0.226 e. The van der Waals surface area contributed by atoms with E-state index in [1.54, 1.807) is 12.4 Å². The van der Waals surface area contributed by atoms with Gasteiger partial charge in [-0.3, -0.25) is 4.79 Å². The van der Waals surface area contributed by atoms with Gasteiger partial charge in [-0.2, -0.15) is 5.10 Å². The first-order chi connectivity index (χ1) is 9.97. The number of carbonyl (C=O) groups is 1. The Balaban J connectivity index is 1.74. The maximum absolute atomic E-state index is 12.0. The Hall–Kier alpha value is -1.95. The van der Waals surface area contributed by atoms with Crippen molar-refractivity contribution >= 4 is 22.6 Å². The normalized spacial score (nSPS) is 17.0. The van der Waals surface area contributed by atoms with Gasteiger partial charge in [0.2, 0.25) is 5.91 Å². The molecule has 2 heterocycles. The van der Waals surface area contributed by atoms with E-state index in [1.165, 1.54) is 0 Å². The van der Waals surface area contributed by atoms with E-state index in [9.17, 15) is 4.79 Å². The quantitative estimate of drug-likeness (QED) is 0.902. The molecule has 0 radical (unpaired) electrons. The molecule has 2 aromatic rings. The Kier molecular flexibility index (Phi) is 3.41. The molecule has 1 aliphatic rings. The zero-order valence-electron chi connectivity index (χ0n) is 12.5. The number of nitrogens with one attached hydrogen (secondary N) is 1. The number of aromatic nitrogens is 3. The van der Waals surface area contributed by atoms with Gasteiger partial charge in [-0.1, -0.05) is 0 Å². The van der Waals surface area contributed by atoms with E-state index in [-0.39, 0.29) is 17.5 Å². The molecule has 1 amide bonds. The minimum Gasteiger partial charge on any atom is -0.325 e. The topological polar surface area (TPSA) is 85.8 Å². The number of pyridine rings is 1. The molecule has 3 N–H and O–H groups in total. The van der Waals surface area contributed by atoms with Crippen LogP contribution < -0.4 is 11.1 Å². The molecule has 0 unspecified atom stereocenters. The van der Waals surface area contributed by atoms with Crippen LogP contribution in [0.2, 0.25) is 0 Å². The third-order valence-corrected chi connectivity index (χ3v) is 4.07. The van der Waals surface area contributed by atoms with Crippen LogP contribution in [0.5, 0.6) is 0 Å². The number of nitrogens with zero attached hydrogens (tertiary/aromatic N) is 3. The average Bonchev–Trinajstić information content (AvgIpc) is 2.79. The molecule has 1 saturated carbocycles. The van der Waals surface area contributed by atoms with Crippen LogP contribution in [-0.4, -0.2) is 26.2 Å². The van der Waals surface area contributed by atoms with Crippen LogP contribution in [0.15, 0.2) is 18.5 Å². The van der Waals surface area contributed by atoms with E-state index >= 15 is 0 Å². The molecular weight excluding hydrogens is 266 g/mol. The summed E-state index contributed by atoms with van der Waals surface area (Å²) in [6.07, 6.45) is 6.79. The van der Waals surface area contributed by atoms with Gasteiger partial charge in [0, 0.05) is 23.4 Å². The first-order valence-electron chi connectivity index (χ1n) is 7.39. The molecule has 0 aliphatic heterocycles. The van der Waals surface area contributed by atoms with Gasteiger partial charge in [0.15, 0.2) is 5.65 Å². The Bertz CT molecular complexity index is 672. The van der Waals surface area contributed by atoms with Gasteiger partial charge in [0.05, 0.1) is 18.1 Å². The summed E-state index contributed by atoms with van der Waals surface area (Å²) in [5.41, 5.74) is 7.32. The first-order valence-corrected chi connectivity index (χ1v) is 7.39. The molecule has 0 atom stereocenters. The molecule has 21 heavy (non-hydrogen) atoms. The highest BCUT2D eigenvalue weighted by Crippen LogP contribution is 2.32. The lowest BCUT2D eigenvalue weighted by molar-refractivity contribution is -0.118. The molecule has 0 spiro atoms. The van der Waals surface area contributed by atoms with Crippen molar-refractivity contribution in [3.8, 4) is 0 Å². The highest BCUT2D eigenvalue weighted by molar-refractivity contribution is 5.93. The van der Waals surface area contributed by atoms with Crippen molar-refractivity contribution in [3.05, 3.63) is 18.5 Å². The van der Waals surface area contributed by atoms with Crippen LogP contribution >= 0.6 is 0 Å². The molecule has 2 aromatic heterocycles. The van der Waals surface area contributed by atoms with Crippen LogP contribution in [0.1, 0.15) is 45.6 Å². The standard InChI is InChI=1S/C15H21N5O/c1-10(2)20-14-11(8-18-20)6-12(9-17-14)19-13(21)7-15(16)4-3-5-15/h6,8-10H,3-5,7,16H2,1-2H3,(H,19,21). The fraction of sp³-hybridized carbons (Fsp3) is 0.533. The monoisotopic (exact) mass is 287 g/mol. The van der Waals surface area contributed by atoms with Crippen molar-refractivity contribution in [2.75, 3.05) is 5.32 Å². The predicted molar refractivity (Wildman–Crippen MR) is 81.9 cm³/mol. The van der Waals surface area contributed by atoms with Crippen molar-refractivity contribution in [3.63, 3.8) is 0 Å². The van der Waals surface area contributed by atoms with Crippen LogP contribution in [0.4, 0.5) is 5.69 Å². The van der Waals surface area contributed by atoms with Gasteiger partial charge >= 0.3 is 0 Å². The summed E-state index contributed by atoms with van der Waals surface area (Å²) in [5.74, 6) is -0.0467. The number of carbonyl (C=O) groups excluding carboxylic acids is 1. The number of anilines is 1. The zero-order chi connectivity index (χ0) is 15.0. The second kappa shape index (κ2) is 5.11. The number of hydrogen-bond donors (Lipinski definition) is 2. The number of rotatable bonds is 4. The van der Waals surface area contributed by atoms with Crippen LogP contribution in [0, 0.1) is 0 Å².